The van der Waals surface area contributed by atoms with Crippen molar-refractivity contribution in [2.24, 2.45) is 7.05 Å². The highest BCUT2D eigenvalue weighted by Crippen LogP contribution is 2.26. The highest BCUT2D eigenvalue weighted by Gasteiger charge is 2.17. The molecule has 110 valence electrons. The van der Waals surface area contributed by atoms with Crippen molar-refractivity contribution in [3.05, 3.63) is 66.6 Å². The first kappa shape index (κ1) is 13.9. The second-order valence-electron chi connectivity index (χ2n) is 4.80. The maximum atomic E-state index is 11.3. The standard InChI is InChI=1S/C17H14N2O3/c1-19-11-18-15(16(19)17(20)21)12-7-9-14(10-8-12)22-13-5-3-2-4-6-13/h2-11H,1H3,(H,20,21). The number of nitrogens with zero attached hydrogens (tertiary/aromatic N) is 2. The number of hydrogen-bond donors (Lipinski definition) is 1. The lowest BCUT2D eigenvalue weighted by molar-refractivity contribution is 0.0687. The molecule has 0 amide bonds. The van der Waals surface area contributed by atoms with Crippen LogP contribution >= 0.6 is 0 Å². The third-order valence-electron chi connectivity index (χ3n) is 3.25. The van der Waals surface area contributed by atoms with Crippen LogP contribution in [0.15, 0.2) is 60.9 Å². The molecule has 1 N–H and O–H groups in total. The lowest BCUT2D eigenvalue weighted by Crippen LogP contribution is -2.05. The molecule has 0 bridgehead atoms. The molecular formula is C17H14N2O3. The lowest BCUT2D eigenvalue weighted by Gasteiger charge is -2.06. The molecule has 0 aliphatic rings. The summed E-state index contributed by atoms with van der Waals surface area (Å²) in [5, 5.41) is 9.26. The highest BCUT2D eigenvalue weighted by molar-refractivity contribution is 5.93. The molecule has 0 saturated carbocycles. The largest absolute Gasteiger partial charge is 0.477 e. The summed E-state index contributed by atoms with van der Waals surface area (Å²) < 4.78 is 7.20. The Morgan fingerprint density at radius 3 is 2.32 bits per heavy atom. The van der Waals surface area contributed by atoms with Crippen molar-refractivity contribution in [1.82, 2.24) is 9.55 Å². The van der Waals surface area contributed by atoms with Crippen LogP contribution in [0, 0.1) is 0 Å². The molecule has 0 fully saturated rings. The molecule has 0 saturated heterocycles. The van der Waals surface area contributed by atoms with Gasteiger partial charge in [0, 0.05) is 12.6 Å². The Kier molecular flexibility index (Phi) is 3.62. The van der Waals surface area contributed by atoms with Crippen LogP contribution in [-0.4, -0.2) is 20.6 Å². The average Bonchev–Trinajstić information content (AvgIpc) is 2.91. The lowest BCUT2D eigenvalue weighted by atomic mass is 10.1. The second kappa shape index (κ2) is 5.73. The molecule has 1 aromatic heterocycles. The number of carbonyl (C=O) groups is 1. The predicted octanol–water partition coefficient (Wildman–Crippen LogP) is 3.58. The third kappa shape index (κ3) is 2.69. The Labute approximate surface area is 127 Å². The van der Waals surface area contributed by atoms with Crippen LogP contribution in [0.5, 0.6) is 11.5 Å². The van der Waals surface area contributed by atoms with Crippen molar-refractivity contribution in [1.29, 1.82) is 0 Å². The summed E-state index contributed by atoms with van der Waals surface area (Å²) in [5.41, 5.74) is 1.34. The molecule has 22 heavy (non-hydrogen) atoms. The zero-order chi connectivity index (χ0) is 15.5. The molecule has 2 aromatic carbocycles. The number of para-hydroxylation sites is 1. The molecule has 1 heterocycles. The molecule has 0 aliphatic heterocycles. The van der Waals surface area contributed by atoms with E-state index in [1.807, 2.05) is 30.3 Å². The van der Waals surface area contributed by atoms with Crippen LogP contribution in [0.25, 0.3) is 11.3 Å². The van der Waals surface area contributed by atoms with Crippen LogP contribution in [0.3, 0.4) is 0 Å². The number of aryl methyl sites for hydroxylation is 1. The van der Waals surface area contributed by atoms with Crippen LogP contribution in [-0.2, 0) is 7.05 Å². The molecule has 0 spiro atoms. The zero-order valence-corrected chi connectivity index (χ0v) is 11.9. The number of carboxylic acids is 1. The third-order valence-corrected chi connectivity index (χ3v) is 3.25. The normalized spacial score (nSPS) is 10.4. The van der Waals surface area contributed by atoms with Crippen LogP contribution in [0.4, 0.5) is 0 Å². The summed E-state index contributed by atoms with van der Waals surface area (Å²) in [6, 6.07) is 16.6. The molecule has 5 nitrogen and oxygen atoms in total. The molecule has 0 unspecified atom stereocenters. The minimum Gasteiger partial charge on any atom is -0.477 e. The van der Waals surface area contributed by atoms with Crippen molar-refractivity contribution < 1.29 is 14.6 Å². The number of aromatic nitrogens is 2. The molecule has 0 radical (unpaired) electrons. The smallest absolute Gasteiger partial charge is 0.354 e. The molecule has 3 rings (SSSR count). The van der Waals surface area contributed by atoms with E-state index in [0.717, 1.165) is 11.3 Å². The Balaban J connectivity index is 1.87. The topological polar surface area (TPSA) is 64.4 Å². The van der Waals surface area contributed by atoms with E-state index < -0.39 is 5.97 Å². The monoisotopic (exact) mass is 294 g/mol. The summed E-state index contributed by atoms with van der Waals surface area (Å²) in [7, 11) is 1.66. The molecule has 0 atom stereocenters. The van der Waals surface area contributed by atoms with E-state index in [0.29, 0.717) is 11.4 Å². The van der Waals surface area contributed by atoms with Crippen molar-refractivity contribution >= 4 is 5.97 Å². The van der Waals surface area contributed by atoms with Gasteiger partial charge in [-0.15, -0.1) is 0 Å². The van der Waals surface area contributed by atoms with Crippen LogP contribution < -0.4 is 4.74 Å². The van der Waals surface area contributed by atoms with Crippen molar-refractivity contribution in [2.45, 2.75) is 0 Å². The first-order valence-electron chi connectivity index (χ1n) is 6.73. The molecule has 3 aromatic rings. The number of rotatable bonds is 4. The fourth-order valence-corrected chi connectivity index (χ4v) is 2.20. The summed E-state index contributed by atoms with van der Waals surface area (Å²) >= 11 is 0. The van der Waals surface area contributed by atoms with Gasteiger partial charge in [0.1, 0.15) is 17.2 Å². The number of hydrogen-bond acceptors (Lipinski definition) is 3. The van der Waals surface area contributed by atoms with Gasteiger partial charge in [0.15, 0.2) is 5.69 Å². The van der Waals surface area contributed by atoms with Crippen molar-refractivity contribution in [3.8, 4) is 22.8 Å². The van der Waals surface area contributed by atoms with Gasteiger partial charge in [-0.25, -0.2) is 9.78 Å². The van der Waals surface area contributed by atoms with Crippen molar-refractivity contribution in [2.75, 3.05) is 0 Å². The van der Waals surface area contributed by atoms with Crippen LogP contribution in [0.1, 0.15) is 10.5 Å². The van der Waals surface area contributed by atoms with Gasteiger partial charge in [-0.2, -0.15) is 0 Å². The maximum Gasteiger partial charge on any atom is 0.354 e. The SMILES string of the molecule is Cn1cnc(-c2ccc(Oc3ccccc3)cc2)c1C(=O)O. The molecule has 5 heteroatoms. The van der Waals surface area contributed by atoms with Gasteiger partial charge in [0.05, 0.1) is 6.33 Å². The number of ether oxygens (including phenoxy) is 1. The van der Waals surface area contributed by atoms with Gasteiger partial charge >= 0.3 is 5.97 Å². The van der Waals surface area contributed by atoms with Gasteiger partial charge in [-0.3, -0.25) is 0 Å². The van der Waals surface area contributed by atoms with Gasteiger partial charge in [0.2, 0.25) is 0 Å². The fraction of sp³-hybridized carbons (Fsp3) is 0.0588. The first-order valence-corrected chi connectivity index (χ1v) is 6.73. The fourth-order valence-electron chi connectivity index (χ4n) is 2.20. The Bertz CT molecular complexity index is 793. The number of benzene rings is 2. The summed E-state index contributed by atoms with van der Waals surface area (Å²) in [6.07, 6.45) is 1.49. The van der Waals surface area contributed by atoms with Gasteiger partial charge in [-0.05, 0) is 36.4 Å². The number of carboxylic acid groups (broad SMARTS) is 1. The average molecular weight is 294 g/mol. The van der Waals surface area contributed by atoms with Crippen molar-refractivity contribution in [3.63, 3.8) is 0 Å². The Morgan fingerprint density at radius 1 is 1.05 bits per heavy atom. The minimum absolute atomic E-state index is 0.164. The van der Waals surface area contributed by atoms with E-state index in [2.05, 4.69) is 4.98 Å². The summed E-state index contributed by atoms with van der Waals surface area (Å²) in [6.45, 7) is 0. The first-order chi connectivity index (χ1) is 10.6. The van der Waals surface area contributed by atoms with E-state index in [1.165, 1.54) is 10.9 Å². The molecular weight excluding hydrogens is 280 g/mol. The van der Waals surface area contributed by atoms with Crippen LogP contribution in [0.2, 0.25) is 0 Å². The number of imidazole rings is 1. The summed E-state index contributed by atoms with van der Waals surface area (Å²) in [4.78, 5) is 15.5. The second-order valence-corrected chi connectivity index (χ2v) is 4.80. The Hall–Kier alpha value is -3.08. The highest BCUT2D eigenvalue weighted by atomic mass is 16.5. The van der Waals surface area contributed by atoms with Gasteiger partial charge in [0.25, 0.3) is 0 Å². The van der Waals surface area contributed by atoms with E-state index >= 15 is 0 Å². The molecule has 0 aliphatic carbocycles. The van der Waals surface area contributed by atoms with E-state index in [9.17, 15) is 9.90 Å². The zero-order valence-electron chi connectivity index (χ0n) is 11.9. The minimum atomic E-state index is -1.00. The predicted molar refractivity (Wildman–Crippen MR) is 82.1 cm³/mol. The maximum absolute atomic E-state index is 11.3. The quantitative estimate of drug-likeness (QED) is 0.798. The Morgan fingerprint density at radius 2 is 1.68 bits per heavy atom. The van der Waals surface area contributed by atoms with E-state index in [4.69, 9.17) is 4.74 Å². The number of aromatic carboxylic acids is 1. The van der Waals surface area contributed by atoms with Gasteiger partial charge < -0.3 is 14.4 Å². The van der Waals surface area contributed by atoms with E-state index in [-0.39, 0.29) is 5.69 Å². The summed E-state index contributed by atoms with van der Waals surface area (Å²) in [5.74, 6) is 0.432. The van der Waals surface area contributed by atoms with E-state index in [1.54, 1.807) is 31.3 Å². The van der Waals surface area contributed by atoms with Gasteiger partial charge in [-0.1, -0.05) is 18.2 Å².